The van der Waals surface area contributed by atoms with Crippen LogP contribution in [0.5, 0.6) is 0 Å². The lowest BCUT2D eigenvalue weighted by Crippen LogP contribution is -2.43. The van der Waals surface area contributed by atoms with Crippen molar-refractivity contribution in [1.82, 2.24) is 4.90 Å². The summed E-state index contributed by atoms with van der Waals surface area (Å²) in [6.45, 7) is 0.840. The molecule has 1 aromatic carbocycles. The molecule has 0 aliphatic carbocycles. The first-order valence-corrected chi connectivity index (χ1v) is 7.44. The van der Waals surface area contributed by atoms with E-state index in [-0.39, 0.29) is 24.0 Å². The molecule has 0 spiro atoms. The van der Waals surface area contributed by atoms with Crippen molar-refractivity contribution in [3.8, 4) is 0 Å². The number of carbonyl (C=O) groups excluding carboxylic acids is 1. The van der Waals surface area contributed by atoms with Crippen molar-refractivity contribution in [2.24, 2.45) is 5.92 Å². The number of carboxylic acids is 1. The largest absolute Gasteiger partial charge is 0.481 e. The third kappa shape index (κ3) is 3.72. The van der Waals surface area contributed by atoms with Gasteiger partial charge in [0.25, 0.3) is 0 Å². The summed E-state index contributed by atoms with van der Waals surface area (Å²) in [6.07, 6.45) is 1.31. The van der Waals surface area contributed by atoms with E-state index < -0.39 is 11.9 Å². The number of benzene rings is 1. The molecule has 6 heteroatoms. The van der Waals surface area contributed by atoms with Gasteiger partial charge in [0.15, 0.2) is 0 Å². The lowest BCUT2D eigenvalue weighted by atomic mass is 9.98. The number of nitrogens with zero attached hydrogens (tertiary/aromatic N) is 1. The maximum absolute atomic E-state index is 13.4. The van der Waals surface area contributed by atoms with E-state index >= 15 is 0 Å². The molecule has 1 amide bonds. The monoisotopic (exact) mass is 297 g/mol. The predicted octanol–water partition coefficient (Wildman–Crippen LogP) is 2.24. The van der Waals surface area contributed by atoms with Gasteiger partial charge in [0, 0.05) is 18.0 Å². The molecule has 1 heterocycles. The number of aliphatic carboxylic acids is 1. The number of piperidine rings is 1. The van der Waals surface area contributed by atoms with Gasteiger partial charge in [-0.25, -0.2) is 4.39 Å². The van der Waals surface area contributed by atoms with Gasteiger partial charge in [-0.3, -0.25) is 9.59 Å². The van der Waals surface area contributed by atoms with Gasteiger partial charge < -0.3 is 10.0 Å². The minimum absolute atomic E-state index is 0.132. The zero-order valence-electron chi connectivity index (χ0n) is 10.9. The number of hydrogen-bond acceptors (Lipinski definition) is 3. The molecule has 20 heavy (non-hydrogen) atoms. The highest BCUT2D eigenvalue weighted by Gasteiger charge is 2.27. The van der Waals surface area contributed by atoms with Gasteiger partial charge in [0.1, 0.15) is 5.82 Å². The third-order valence-electron chi connectivity index (χ3n) is 3.31. The molecule has 1 fully saturated rings. The zero-order chi connectivity index (χ0) is 14.5. The number of hydrogen-bond donors (Lipinski definition) is 1. The van der Waals surface area contributed by atoms with E-state index in [1.54, 1.807) is 23.1 Å². The molecular formula is C14H16FNO3S. The molecular weight excluding hydrogens is 281 g/mol. The summed E-state index contributed by atoms with van der Waals surface area (Å²) < 4.78 is 13.4. The minimum Gasteiger partial charge on any atom is -0.481 e. The summed E-state index contributed by atoms with van der Waals surface area (Å²) in [6, 6.07) is 6.30. The third-order valence-corrected chi connectivity index (χ3v) is 4.34. The van der Waals surface area contributed by atoms with Crippen molar-refractivity contribution in [1.29, 1.82) is 0 Å². The first-order chi connectivity index (χ1) is 9.58. The summed E-state index contributed by atoms with van der Waals surface area (Å²) in [4.78, 5) is 25.0. The van der Waals surface area contributed by atoms with Crippen LogP contribution in [0, 0.1) is 11.7 Å². The molecule has 1 aliphatic heterocycles. The van der Waals surface area contributed by atoms with E-state index in [0.29, 0.717) is 24.3 Å². The highest BCUT2D eigenvalue weighted by Crippen LogP contribution is 2.23. The van der Waals surface area contributed by atoms with Crippen LogP contribution in [0.3, 0.4) is 0 Å². The second kappa shape index (κ2) is 6.74. The van der Waals surface area contributed by atoms with Crippen molar-refractivity contribution in [2.75, 3.05) is 18.8 Å². The predicted molar refractivity (Wildman–Crippen MR) is 74.1 cm³/mol. The van der Waals surface area contributed by atoms with Crippen LogP contribution in [0.15, 0.2) is 29.2 Å². The Labute approximate surface area is 121 Å². The van der Waals surface area contributed by atoms with Crippen LogP contribution >= 0.6 is 11.8 Å². The van der Waals surface area contributed by atoms with Crippen LogP contribution in [0.2, 0.25) is 0 Å². The van der Waals surface area contributed by atoms with Crippen LogP contribution in [0.4, 0.5) is 4.39 Å². The topological polar surface area (TPSA) is 57.6 Å². The van der Waals surface area contributed by atoms with E-state index in [2.05, 4.69) is 0 Å². The molecule has 1 N–H and O–H groups in total. The Bertz CT molecular complexity index is 509. The van der Waals surface area contributed by atoms with Crippen LogP contribution < -0.4 is 0 Å². The van der Waals surface area contributed by atoms with Gasteiger partial charge in [-0.2, -0.15) is 0 Å². The molecule has 0 aromatic heterocycles. The Kier molecular flexibility index (Phi) is 5.00. The van der Waals surface area contributed by atoms with Crippen LogP contribution in [-0.4, -0.2) is 40.7 Å². The molecule has 2 rings (SSSR count). The first-order valence-electron chi connectivity index (χ1n) is 6.46. The molecule has 1 aliphatic rings. The van der Waals surface area contributed by atoms with Crippen molar-refractivity contribution >= 4 is 23.6 Å². The van der Waals surface area contributed by atoms with Crippen LogP contribution in [0.1, 0.15) is 12.8 Å². The number of carboxylic acid groups (broad SMARTS) is 1. The smallest absolute Gasteiger partial charge is 0.308 e. The number of thioether (sulfide) groups is 1. The Morgan fingerprint density at radius 3 is 2.85 bits per heavy atom. The van der Waals surface area contributed by atoms with Gasteiger partial charge in [-0.1, -0.05) is 12.1 Å². The van der Waals surface area contributed by atoms with Crippen molar-refractivity contribution in [3.63, 3.8) is 0 Å². The number of rotatable bonds is 4. The maximum atomic E-state index is 13.4. The van der Waals surface area contributed by atoms with Gasteiger partial charge in [-0.15, -0.1) is 11.8 Å². The van der Waals surface area contributed by atoms with Crippen molar-refractivity contribution in [2.45, 2.75) is 17.7 Å². The highest BCUT2D eigenvalue weighted by molar-refractivity contribution is 8.00. The summed E-state index contributed by atoms with van der Waals surface area (Å²) in [7, 11) is 0. The Hall–Kier alpha value is -1.56. The molecule has 0 unspecified atom stereocenters. The second-order valence-electron chi connectivity index (χ2n) is 4.74. The number of halogens is 1. The molecule has 1 aromatic rings. The average Bonchev–Trinajstić information content (AvgIpc) is 2.46. The van der Waals surface area contributed by atoms with Gasteiger partial charge in [0.05, 0.1) is 11.7 Å². The summed E-state index contributed by atoms with van der Waals surface area (Å²) in [5.74, 6) is -1.68. The summed E-state index contributed by atoms with van der Waals surface area (Å²) in [5.41, 5.74) is 0. The molecule has 1 atom stereocenters. The van der Waals surface area contributed by atoms with Gasteiger partial charge in [-0.05, 0) is 25.0 Å². The van der Waals surface area contributed by atoms with Gasteiger partial charge in [0.2, 0.25) is 5.91 Å². The van der Waals surface area contributed by atoms with Crippen molar-refractivity contribution in [3.05, 3.63) is 30.1 Å². The standard InChI is InChI=1S/C14H16FNO3S/c15-11-5-1-2-6-12(11)20-9-13(17)16-7-3-4-10(8-16)14(18)19/h1-2,5-6,10H,3-4,7-9H2,(H,18,19)/t10-/m0/s1. The molecule has 0 radical (unpaired) electrons. The fourth-order valence-electron chi connectivity index (χ4n) is 2.20. The first kappa shape index (κ1) is 14.8. The van der Waals surface area contributed by atoms with Crippen molar-refractivity contribution < 1.29 is 19.1 Å². The van der Waals surface area contributed by atoms with E-state index in [1.807, 2.05) is 0 Å². The maximum Gasteiger partial charge on any atom is 0.308 e. The lowest BCUT2D eigenvalue weighted by Gasteiger charge is -2.30. The van der Waals surface area contributed by atoms with E-state index in [0.717, 1.165) is 11.8 Å². The quantitative estimate of drug-likeness (QED) is 0.866. The Morgan fingerprint density at radius 1 is 1.40 bits per heavy atom. The fraction of sp³-hybridized carbons (Fsp3) is 0.429. The molecule has 0 saturated carbocycles. The Morgan fingerprint density at radius 2 is 2.15 bits per heavy atom. The molecule has 1 saturated heterocycles. The van der Waals surface area contributed by atoms with Crippen LogP contribution in [-0.2, 0) is 9.59 Å². The molecule has 4 nitrogen and oxygen atoms in total. The van der Waals surface area contributed by atoms with E-state index in [9.17, 15) is 14.0 Å². The summed E-state index contributed by atoms with van der Waals surface area (Å²) >= 11 is 1.14. The summed E-state index contributed by atoms with van der Waals surface area (Å²) in [5, 5.41) is 8.99. The van der Waals surface area contributed by atoms with Crippen LogP contribution in [0.25, 0.3) is 0 Å². The SMILES string of the molecule is O=C(O)[C@H]1CCCN(C(=O)CSc2ccccc2F)C1. The minimum atomic E-state index is -0.857. The molecule has 108 valence electrons. The number of carbonyl (C=O) groups is 2. The zero-order valence-corrected chi connectivity index (χ0v) is 11.7. The number of amides is 1. The second-order valence-corrected chi connectivity index (χ2v) is 5.75. The Balaban J connectivity index is 1.89. The lowest BCUT2D eigenvalue weighted by molar-refractivity contribution is -0.145. The average molecular weight is 297 g/mol. The molecule has 0 bridgehead atoms. The fourth-order valence-corrected chi connectivity index (χ4v) is 3.04. The number of likely N-dealkylation sites (tertiary alicyclic amines) is 1. The van der Waals surface area contributed by atoms with E-state index in [1.165, 1.54) is 6.07 Å². The van der Waals surface area contributed by atoms with E-state index in [4.69, 9.17) is 5.11 Å². The highest BCUT2D eigenvalue weighted by atomic mass is 32.2. The van der Waals surface area contributed by atoms with Gasteiger partial charge >= 0.3 is 5.97 Å². The normalized spacial score (nSPS) is 18.9.